The molecule has 0 bridgehead atoms. The first-order valence-corrected chi connectivity index (χ1v) is 9.61. The zero-order valence-corrected chi connectivity index (χ0v) is 15.1. The summed E-state index contributed by atoms with van der Waals surface area (Å²) >= 11 is 0. The number of aryl methyl sites for hydroxylation is 1. The van der Waals surface area contributed by atoms with Crippen molar-refractivity contribution < 1.29 is 17.5 Å². The van der Waals surface area contributed by atoms with Crippen LogP contribution in [0.15, 0.2) is 47.5 Å². The summed E-state index contributed by atoms with van der Waals surface area (Å²) < 4.78 is 30.1. The molecule has 1 aromatic carbocycles. The molecule has 1 saturated heterocycles. The average Bonchev–Trinajstić information content (AvgIpc) is 2.62. The summed E-state index contributed by atoms with van der Waals surface area (Å²) in [4.78, 5) is 16.4. The van der Waals surface area contributed by atoms with Gasteiger partial charge in [0.1, 0.15) is 12.0 Å². The Morgan fingerprint density at radius 1 is 1.15 bits per heavy atom. The molecule has 138 valence electrons. The van der Waals surface area contributed by atoms with Gasteiger partial charge in [0.05, 0.1) is 15.9 Å². The number of aromatic nitrogens is 1. The molecule has 3 rings (SSSR count). The van der Waals surface area contributed by atoms with E-state index in [1.165, 1.54) is 12.3 Å². The van der Waals surface area contributed by atoms with Crippen LogP contribution in [-0.4, -0.2) is 37.5 Å². The van der Waals surface area contributed by atoms with Crippen LogP contribution in [0.25, 0.3) is 0 Å². The molecule has 0 radical (unpaired) electrons. The number of benzene rings is 1. The van der Waals surface area contributed by atoms with Crippen LogP contribution in [-0.2, 0) is 14.3 Å². The number of hydrogen-bond acceptors (Lipinski definition) is 7. The Labute approximate surface area is 151 Å². The maximum absolute atomic E-state index is 12.4. The molecule has 0 atom stereocenters. The Bertz CT molecular complexity index is 874. The first-order valence-electron chi connectivity index (χ1n) is 8.20. The third-order valence-corrected chi connectivity index (χ3v) is 5.66. The molecule has 9 heteroatoms. The predicted molar refractivity (Wildman–Crippen MR) is 95.6 cm³/mol. The molecule has 1 aromatic heterocycles. The Balaban J connectivity index is 1.59. The lowest BCUT2D eigenvalue weighted by Crippen LogP contribution is -2.38. The summed E-state index contributed by atoms with van der Waals surface area (Å²) in [7, 11) is -3.78. The van der Waals surface area contributed by atoms with Crippen LogP contribution < -0.4 is 4.90 Å². The Hall–Kier alpha value is -2.52. The summed E-state index contributed by atoms with van der Waals surface area (Å²) in [6.07, 6.45) is 1.89. The minimum absolute atomic E-state index is 0.0591. The number of anilines is 1. The van der Waals surface area contributed by atoms with Crippen molar-refractivity contribution in [3.63, 3.8) is 0 Å². The normalized spacial score (nSPS) is 15.8. The van der Waals surface area contributed by atoms with E-state index in [0.717, 1.165) is 5.56 Å². The van der Waals surface area contributed by atoms with E-state index in [0.29, 0.717) is 31.7 Å². The van der Waals surface area contributed by atoms with Crippen molar-refractivity contribution in [1.82, 2.24) is 4.98 Å². The number of rotatable bonds is 5. The zero-order chi connectivity index (χ0) is 18.7. The van der Waals surface area contributed by atoms with Gasteiger partial charge in [-0.25, -0.2) is 4.98 Å². The van der Waals surface area contributed by atoms with Gasteiger partial charge in [-0.3, -0.25) is 14.3 Å². The van der Waals surface area contributed by atoms with Crippen LogP contribution >= 0.6 is 0 Å². The highest BCUT2D eigenvalue weighted by Gasteiger charge is 2.26. The van der Waals surface area contributed by atoms with E-state index in [-0.39, 0.29) is 10.6 Å². The molecule has 2 heterocycles. The minimum atomic E-state index is -3.78. The van der Waals surface area contributed by atoms with E-state index in [1.807, 2.05) is 11.8 Å². The van der Waals surface area contributed by atoms with E-state index in [2.05, 4.69) is 4.98 Å². The molecule has 0 unspecified atom stereocenters. The van der Waals surface area contributed by atoms with Gasteiger partial charge in [0, 0.05) is 19.2 Å². The third kappa shape index (κ3) is 4.17. The van der Waals surface area contributed by atoms with Gasteiger partial charge in [-0.2, -0.15) is 8.42 Å². The van der Waals surface area contributed by atoms with Crippen molar-refractivity contribution >= 4 is 21.6 Å². The van der Waals surface area contributed by atoms with E-state index >= 15 is 0 Å². The molecule has 1 fully saturated rings. The maximum Gasteiger partial charge on any atom is 0.297 e. The van der Waals surface area contributed by atoms with Gasteiger partial charge in [0.15, 0.2) is 0 Å². The lowest BCUT2D eigenvalue weighted by molar-refractivity contribution is -0.385. The second-order valence-electron chi connectivity index (χ2n) is 6.18. The fraction of sp³-hybridized carbons (Fsp3) is 0.353. The molecular formula is C17H19N3O5S. The number of nitro groups is 1. The molecule has 8 nitrogen and oxygen atoms in total. The molecule has 0 amide bonds. The number of pyridine rings is 1. The molecule has 0 saturated carbocycles. The fourth-order valence-electron chi connectivity index (χ4n) is 2.79. The molecule has 2 aromatic rings. The highest BCUT2D eigenvalue weighted by atomic mass is 32.2. The molecule has 1 aliphatic rings. The van der Waals surface area contributed by atoms with E-state index in [1.54, 1.807) is 30.3 Å². The van der Waals surface area contributed by atoms with Crippen molar-refractivity contribution in [2.75, 3.05) is 18.0 Å². The van der Waals surface area contributed by atoms with Gasteiger partial charge < -0.3 is 4.90 Å². The van der Waals surface area contributed by atoms with Crippen molar-refractivity contribution in [3.05, 3.63) is 58.3 Å². The lowest BCUT2D eigenvalue weighted by atomic mass is 10.1. The SMILES string of the molecule is Cc1ccc(S(=O)(=O)OC2CCN(c3ccc([N+](=O)[O-])cn3)CC2)cc1. The lowest BCUT2D eigenvalue weighted by Gasteiger charge is -2.32. The zero-order valence-electron chi connectivity index (χ0n) is 14.2. The van der Waals surface area contributed by atoms with Gasteiger partial charge in [-0.05, 0) is 38.0 Å². The second-order valence-corrected chi connectivity index (χ2v) is 7.75. The van der Waals surface area contributed by atoms with Crippen molar-refractivity contribution in [3.8, 4) is 0 Å². The van der Waals surface area contributed by atoms with Gasteiger partial charge in [0.2, 0.25) is 0 Å². The van der Waals surface area contributed by atoms with Gasteiger partial charge in [0.25, 0.3) is 15.8 Å². The summed E-state index contributed by atoms with van der Waals surface area (Å²) in [5.74, 6) is 0.635. The van der Waals surface area contributed by atoms with Gasteiger partial charge in [-0.15, -0.1) is 0 Å². The van der Waals surface area contributed by atoms with Gasteiger partial charge in [-0.1, -0.05) is 17.7 Å². The third-order valence-electron chi connectivity index (χ3n) is 4.28. The van der Waals surface area contributed by atoms with E-state index < -0.39 is 21.1 Å². The highest BCUT2D eigenvalue weighted by Crippen LogP contribution is 2.24. The highest BCUT2D eigenvalue weighted by molar-refractivity contribution is 7.86. The molecular weight excluding hydrogens is 358 g/mol. The number of nitrogens with zero attached hydrogens (tertiary/aromatic N) is 3. The Morgan fingerprint density at radius 3 is 2.35 bits per heavy atom. The molecule has 0 aliphatic carbocycles. The van der Waals surface area contributed by atoms with E-state index in [9.17, 15) is 18.5 Å². The van der Waals surface area contributed by atoms with Crippen LogP contribution in [0.3, 0.4) is 0 Å². The monoisotopic (exact) mass is 377 g/mol. The Kier molecular flexibility index (Phi) is 5.19. The Morgan fingerprint density at radius 2 is 1.81 bits per heavy atom. The largest absolute Gasteiger partial charge is 0.356 e. The van der Waals surface area contributed by atoms with Crippen LogP contribution in [0.5, 0.6) is 0 Å². The number of hydrogen-bond donors (Lipinski definition) is 0. The first-order chi connectivity index (χ1) is 12.3. The van der Waals surface area contributed by atoms with Crippen molar-refractivity contribution in [2.45, 2.75) is 30.8 Å². The standard InChI is InChI=1S/C17H19N3O5S/c1-13-2-5-16(6-3-13)26(23,24)25-15-8-10-19(11-9-15)17-7-4-14(12-18-17)20(21)22/h2-7,12,15H,8-11H2,1H3. The summed E-state index contributed by atoms with van der Waals surface area (Å²) in [6.45, 7) is 3.02. The topological polar surface area (TPSA) is 103 Å². The summed E-state index contributed by atoms with van der Waals surface area (Å²) in [5, 5.41) is 10.7. The van der Waals surface area contributed by atoms with Crippen LogP contribution in [0, 0.1) is 17.0 Å². The molecule has 0 N–H and O–H groups in total. The van der Waals surface area contributed by atoms with E-state index in [4.69, 9.17) is 4.18 Å². The maximum atomic E-state index is 12.4. The quantitative estimate of drug-likeness (QED) is 0.448. The van der Waals surface area contributed by atoms with Gasteiger partial charge >= 0.3 is 0 Å². The summed E-state index contributed by atoms with van der Waals surface area (Å²) in [6, 6.07) is 9.56. The summed E-state index contributed by atoms with van der Waals surface area (Å²) in [5.41, 5.74) is 0.920. The average molecular weight is 377 g/mol. The second kappa shape index (κ2) is 7.38. The van der Waals surface area contributed by atoms with Crippen LogP contribution in [0.4, 0.5) is 11.5 Å². The van der Waals surface area contributed by atoms with Crippen LogP contribution in [0.2, 0.25) is 0 Å². The molecule has 26 heavy (non-hydrogen) atoms. The van der Waals surface area contributed by atoms with Crippen LogP contribution in [0.1, 0.15) is 18.4 Å². The first kappa shape index (κ1) is 18.3. The number of piperidine rings is 1. The molecule has 0 spiro atoms. The minimum Gasteiger partial charge on any atom is -0.356 e. The van der Waals surface area contributed by atoms with Crippen molar-refractivity contribution in [2.24, 2.45) is 0 Å². The fourth-order valence-corrected chi connectivity index (χ4v) is 3.93. The van der Waals surface area contributed by atoms with Crippen molar-refractivity contribution in [1.29, 1.82) is 0 Å². The predicted octanol–water partition coefficient (Wildman–Crippen LogP) is 2.67. The smallest absolute Gasteiger partial charge is 0.297 e. The molecule has 1 aliphatic heterocycles.